The molecule has 0 saturated carbocycles. The normalized spacial score (nSPS) is 11.7. The van der Waals surface area contributed by atoms with Crippen molar-refractivity contribution in [3.8, 4) is 0 Å². The molecule has 0 atom stereocenters. The summed E-state index contributed by atoms with van der Waals surface area (Å²) in [5.41, 5.74) is 0. The molecule has 0 radical (unpaired) electrons. The average molecular weight is 368 g/mol. The Kier molecular flexibility index (Phi) is 22.3. The van der Waals surface area contributed by atoms with E-state index in [9.17, 15) is 14.4 Å². The molecule has 0 aromatic heterocycles. The molecule has 1 heterocycles. The van der Waals surface area contributed by atoms with Crippen molar-refractivity contribution in [3.05, 3.63) is 12.3 Å². The van der Waals surface area contributed by atoms with Crippen molar-refractivity contribution in [2.75, 3.05) is 40.6 Å². The number of rotatable bonds is 8. The van der Waals surface area contributed by atoms with Gasteiger partial charge in [0.2, 0.25) is 0 Å². The quantitative estimate of drug-likeness (QED) is 0.157. The van der Waals surface area contributed by atoms with E-state index in [0.29, 0.717) is 13.2 Å². The van der Waals surface area contributed by atoms with Gasteiger partial charge in [-0.05, 0) is 0 Å². The average Bonchev–Trinajstić information content (AvgIpc) is 2.92. The molecule has 1 fully saturated rings. The number of cyclic esters (lactones) is 2. The zero-order valence-corrected chi connectivity index (χ0v) is 13.8. The van der Waals surface area contributed by atoms with Crippen LogP contribution in [0.4, 0.5) is 0 Å². The molecule has 1 aliphatic heterocycles. The Bertz CT molecular complexity index is 365. The molecule has 0 amide bonds. The van der Waals surface area contributed by atoms with Crippen LogP contribution in [0.2, 0.25) is 0 Å². The van der Waals surface area contributed by atoms with Crippen LogP contribution in [0.3, 0.4) is 0 Å². The maximum absolute atomic E-state index is 10.8. The summed E-state index contributed by atoms with van der Waals surface area (Å²) in [7, 11) is 3.06. The highest BCUT2D eigenvalue weighted by Crippen LogP contribution is 2.04. The molecule has 2 N–H and O–H groups in total. The molecule has 148 valence electrons. The van der Waals surface area contributed by atoms with E-state index < -0.39 is 17.9 Å². The molecule has 0 aromatic rings. The number of ether oxygens (including phenoxy) is 4. The SMILES string of the molecule is C.C=C(CC(=O)OCCOC)OO.COCCO.O=C1CCC(=O)O1. The van der Waals surface area contributed by atoms with Crippen LogP contribution in [0, 0.1) is 0 Å². The number of carbonyl (C=O) groups excluding carboxylic acids is 3. The van der Waals surface area contributed by atoms with Crippen LogP contribution in [0.15, 0.2) is 12.3 Å². The van der Waals surface area contributed by atoms with E-state index in [1.165, 1.54) is 7.11 Å². The fourth-order valence-corrected chi connectivity index (χ4v) is 1.01. The Balaban J connectivity index is -0.000000316. The molecule has 0 aromatic carbocycles. The van der Waals surface area contributed by atoms with Gasteiger partial charge in [-0.1, -0.05) is 14.0 Å². The summed E-state index contributed by atoms with van der Waals surface area (Å²) < 4.78 is 17.8. The molecular formula is C15H28O10. The number of aliphatic hydroxyl groups excluding tert-OH is 1. The van der Waals surface area contributed by atoms with Gasteiger partial charge in [-0.2, -0.15) is 0 Å². The van der Waals surface area contributed by atoms with Crippen LogP contribution in [-0.4, -0.2) is 68.9 Å². The second kappa shape index (κ2) is 20.0. The van der Waals surface area contributed by atoms with Crippen molar-refractivity contribution >= 4 is 17.9 Å². The first-order valence-corrected chi connectivity index (χ1v) is 6.88. The van der Waals surface area contributed by atoms with Crippen LogP contribution in [0.5, 0.6) is 0 Å². The van der Waals surface area contributed by atoms with Gasteiger partial charge in [-0.3, -0.25) is 14.4 Å². The van der Waals surface area contributed by atoms with Crippen LogP contribution in [-0.2, 0) is 38.2 Å². The lowest BCUT2D eigenvalue weighted by Crippen LogP contribution is -2.10. The summed E-state index contributed by atoms with van der Waals surface area (Å²) in [5, 5.41) is 16.0. The molecule has 1 saturated heterocycles. The minimum atomic E-state index is -0.508. The smallest absolute Gasteiger partial charge is 0.314 e. The van der Waals surface area contributed by atoms with Crippen molar-refractivity contribution in [2.24, 2.45) is 0 Å². The zero-order valence-electron chi connectivity index (χ0n) is 13.8. The Labute approximate surface area is 147 Å². The summed E-state index contributed by atoms with van der Waals surface area (Å²) in [6, 6.07) is 0. The highest BCUT2D eigenvalue weighted by Gasteiger charge is 2.19. The number of aliphatic hydroxyl groups is 1. The van der Waals surface area contributed by atoms with E-state index in [1.54, 1.807) is 7.11 Å². The molecule has 10 nitrogen and oxygen atoms in total. The lowest BCUT2D eigenvalue weighted by atomic mass is 10.4. The number of hydrogen-bond donors (Lipinski definition) is 2. The number of carbonyl (C=O) groups is 3. The van der Waals surface area contributed by atoms with Crippen LogP contribution in [0.25, 0.3) is 0 Å². The molecule has 1 rings (SSSR count). The molecule has 0 bridgehead atoms. The van der Waals surface area contributed by atoms with Crippen molar-refractivity contribution in [1.82, 2.24) is 0 Å². The van der Waals surface area contributed by atoms with Crippen molar-refractivity contribution in [2.45, 2.75) is 26.7 Å². The van der Waals surface area contributed by atoms with E-state index in [-0.39, 0.29) is 45.7 Å². The van der Waals surface area contributed by atoms with Gasteiger partial charge < -0.3 is 28.9 Å². The molecule has 25 heavy (non-hydrogen) atoms. The summed E-state index contributed by atoms with van der Waals surface area (Å²) in [4.78, 5) is 34.5. The first-order valence-electron chi connectivity index (χ1n) is 6.88. The number of methoxy groups -OCH3 is 2. The van der Waals surface area contributed by atoms with Gasteiger partial charge in [-0.25, -0.2) is 5.26 Å². The van der Waals surface area contributed by atoms with E-state index in [1.807, 2.05) is 0 Å². The molecule has 0 spiro atoms. The molecular weight excluding hydrogens is 340 g/mol. The van der Waals surface area contributed by atoms with Gasteiger partial charge in [0.15, 0.2) is 0 Å². The summed E-state index contributed by atoms with van der Waals surface area (Å²) >= 11 is 0. The maximum Gasteiger partial charge on any atom is 0.314 e. The van der Waals surface area contributed by atoms with Crippen molar-refractivity contribution in [3.63, 3.8) is 0 Å². The monoisotopic (exact) mass is 368 g/mol. The van der Waals surface area contributed by atoms with Crippen LogP contribution < -0.4 is 0 Å². The third-order valence-corrected chi connectivity index (χ3v) is 2.08. The Morgan fingerprint density at radius 3 is 1.92 bits per heavy atom. The van der Waals surface area contributed by atoms with Crippen LogP contribution in [0.1, 0.15) is 26.7 Å². The highest BCUT2D eigenvalue weighted by molar-refractivity contribution is 5.92. The van der Waals surface area contributed by atoms with Crippen molar-refractivity contribution < 1.29 is 48.6 Å². The second-order valence-corrected chi connectivity index (χ2v) is 4.08. The molecule has 10 heteroatoms. The first kappa shape index (κ1) is 27.8. The highest BCUT2D eigenvalue weighted by atomic mass is 17.1. The Morgan fingerprint density at radius 2 is 1.64 bits per heavy atom. The van der Waals surface area contributed by atoms with Gasteiger partial charge in [0.25, 0.3) is 0 Å². The lowest BCUT2D eigenvalue weighted by molar-refractivity contribution is -0.206. The van der Waals surface area contributed by atoms with Crippen molar-refractivity contribution in [1.29, 1.82) is 0 Å². The van der Waals surface area contributed by atoms with Gasteiger partial charge in [0.05, 0.1) is 32.7 Å². The fraction of sp³-hybridized carbons (Fsp3) is 0.667. The minimum absolute atomic E-state index is 0. The van der Waals surface area contributed by atoms with Gasteiger partial charge >= 0.3 is 17.9 Å². The second-order valence-electron chi connectivity index (χ2n) is 4.08. The summed E-state index contributed by atoms with van der Waals surface area (Å²) in [6.07, 6.45) is 0.373. The number of esters is 3. The lowest BCUT2D eigenvalue weighted by Gasteiger charge is -2.03. The molecule has 0 aliphatic carbocycles. The minimum Gasteiger partial charge on any atom is -0.463 e. The summed E-state index contributed by atoms with van der Waals surface area (Å²) in [6.45, 7) is 4.34. The fourth-order valence-electron chi connectivity index (χ4n) is 1.01. The van der Waals surface area contributed by atoms with Crippen LogP contribution >= 0.6 is 0 Å². The molecule has 0 unspecified atom stereocenters. The topological polar surface area (TPSA) is 138 Å². The Hall–Kier alpha value is -2.01. The van der Waals surface area contributed by atoms with E-state index >= 15 is 0 Å². The van der Waals surface area contributed by atoms with E-state index in [0.717, 1.165) is 0 Å². The predicted octanol–water partition coefficient (Wildman–Crippen LogP) is 0.681. The maximum atomic E-state index is 10.8. The first-order chi connectivity index (χ1) is 11.4. The third kappa shape index (κ3) is 22.0. The van der Waals surface area contributed by atoms with E-state index in [2.05, 4.69) is 30.4 Å². The van der Waals surface area contributed by atoms with Gasteiger partial charge in [-0.15, -0.1) is 0 Å². The molecule has 1 aliphatic rings. The predicted molar refractivity (Wildman–Crippen MR) is 86.3 cm³/mol. The largest absolute Gasteiger partial charge is 0.463 e. The standard InChI is InChI=1S/C7H12O5.C4H4O3.C3H8O2.CH4/c1-6(12-9)5-7(8)11-4-3-10-2;5-3-1-2-4(6)7-3;1-5-3-2-4;/h9H,1,3-5H2,2H3;1-2H2;4H,2-3H2,1H3;1H4. The van der Waals surface area contributed by atoms with Gasteiger partial charge in [0.1, 0.15) is 18.8 Å². The Morgan fingerprint density at radius 1 is 1.12 bits per heavy atom. The summed E-state index contributed by atoms with van der Waals surface area (Å²) in [5.74, 6) is -1.35. The number of hydrogen-bond acceptors (Lipinski definition) is 10. The van der Waals surface area contributed by atoms with Gasteiger partial charge in [0, 0.05) is 14.2 Å². The third-order valence-electron chi connectivity index (χ3n) is 2.08. The van der Waals surface area contributed by atoms with E-state index in [4.69, 9.17) is 10.4 Å². The zero-order chi connectivity index (χ0) is 18.8.